The topological polar surface area (TPSA) is 111 Å². The summed E-state index contributed by atoms with van der Waals surface area (Å²) in [6, 6.07) is 0. The number of nitrogens with zero attached hydrogens (tertiary/aromatic N) is 2. The highest BCUT2D eigenvalue weighted by Crippen LogP contribution is 2.38. The second-order valence-corrected chi connectivity index (χ2v) is 7.06. The molecule has 8 nitrogen and oxygen atoms in total. The molecule has 138 valence electrons. The molecule has 1 amide bonds. The first-order valence-electron chi connectivity index (χ1n) is 8.32. The van der Waals surface area contributed by atoms with Gasteiger partial charge in [-0.3, -0.25) is 9.48 Å². The molecule has 3 rings (SSSR count). The van der Waals surface area contributed by atoms with E-state index in [4.69, 9.17) is 4.74 Å². The van der Waals surface area contributed by atoms with Gasteiger partial charge in [0.25, 0.3) is 5.91 Å². The van der Waals surface area contributed by atoms with E-state index in [1.165, 1.54) is 29.3 Å². The molecule has 0 bridgehead atoms. The van der Waals surface area contributed by atoms with Crippen LogP contribution in [0.5, 0.6) is 0 Å². The van der Waals surface area contributed by atoms with Crippen molar-refractivity contribution in [3.63, 3.8) is 0 Å². The number of fused-ring (bicyclic) bond motifs is 1. The maximum absolute atomic E-state index is 12.6. The van der Waals surface area contributed by atoms with E-state index < -0.39 is 17.8 Å². The molecule has 2 N–H and O–H groups in total. The van der Waals surface area contributed by atoms with Gasteiger partial charge in [-0.1, -0.05) is 0 Å². The summed E-state index contributed by atoms with van der Waals surface area (Å²) in [5, 5.41) is 16.2. The van der Waals surface area contributed by atoms with Gasteiger partial charge >= 0.3 is 11.9 Å². The van der Waals surface area contributed by atoms with Crippen molar-refractivity contribution in [2.45, 2.75) is 32.6 Å². The van der Waals surface area contributed by atoms with Gasteiger partial charge in [0.2, 0.25) is 0 Å². The predicted octanol–water partition coefficient (Wildman–Crippen LogP) is 2.49. The number of carbonyl (C=O) groups excluding carboxylic acids is 2. The highest BCUT2D eigenvalue weighted by atomic mass is 32.1. The maximum Gasteiger partial charge on any atom is 0.341 e. The summed E-state index contributed by atoms with van der Waals surface area (Å²) in [5.74, 6) is -2.37. The van der Waals surface area contributed by atoms with E-state index in [0.717, 1.165) is 36.1 Å². The minimum Gasteiger partial charge on any atom is -0.478 e. The second-order valence-electron chi connectivity index (χ2n) is 5.96. The van der Waals surface area contributed by atoms with Gasteiger partial charge in [0.1, 0.15) is 10.6 Å². The fourth-order valence-electron chi connectivity index (χ4n) is 3.05. The lowest BCUT2D eigenvalue weighted by Gasteiger charge is -2.12. The molecule has 2 aromatic heterocycles. The van der Waals surface area contributed by atoms with Crippen molar-refractivity contribution >= 4 is 34.2 Å². The lowest BCUT2D eigenvalue weighted by Crippen LogP contribution is -2.18. The zero-order valence-corrected chi connectivity index (χ0v) is 15.3. The third-order valence-corrected chi connectivity index (χ3v) is 5.36. The smallest absolute Gasteiger partial charge is 0.341 e. The van der Waals surface area contributed by atoms with Gasteiger partial charge in [-0.15, -0.1) is 11.3 Å². The first-order chi connectivity index (χ1) is 12.4. The number of ether oxygens (including phenoxy) is 1. The average molecular weight is 377 g/mol. The molecule has 0 aliphatic heterocycles. The summed E-state index contributed by atoms with van der Waals surface area (Å²) in [5.41, 5.74) is 0.923. The largest absolute Gasteiger partial charge is 0.478 e. The van der Waals surface area contributed by atoms with E-state index in [9.17, 15) is 19.5 Å². The Morgan fingerprint density at radius 1 is 1.35 bits per heavy atom. The van der Waals surface area contributed by atoms with Crippen LogP contribution in [0.2, 0.25) is 0 Å². The molecule has 0 saturated carbocycles. The van der Waals surface area contributed by atoms with Gasteiger partial charge in [-0.25, -0.2) is 9.59 Å². The molecular formula is C17H19N3O5S. The predicted molar refractivity (Wildman–Crippen MR) is 95.0 cm³/mol. The third-order valence-electron chi connectivity index (χ3n) is 4.15. The molecule has 0 radical (unpaired) electrons. The van der Waals surface area contributed by atoms with Crippen LogP contribution in [0.3, 0.4) is 0 Å². The number of amides is 1. The molecule has 1 aliphatic carbocycles. The molecule has 0 aromatic carbocycles. The molecule has 0 saturated heterocycles. The van der Waals surface area contributed by atoms with E-state index in [1.807, 2.05) is 0 Å². The van der Waals surface area contributed by atoms with E-state index >= 15 is 0 Å². The van der Waals surface area contributed by atoms with E-state index in [-0.39, 0.29) is 17.9 Å². The maximum atomic E-state index is 12.6. The first kappa shape index (κ1) is 18.1. The summed E-state index contributed by atoms with van der Waals surface area (Å²) < 4.78 is 6.42. The van der Waals surface area contributed by atoms with Gasteiger partial charge in [-0.05, 0) is 38.2 Å². The number of aryl methyl sites for hydroxylation is 2. The Morgan fingerprint density at radius 2 is 2.08 bits per heavy atom. The minimum absolute atomic E-state index is 0.191. The highest BCUT2D eigenvalue weighted by molar-refractivity contribution is 7.17. The number of hydrogen-bond acceptors (Lipinski definition) is 6. The van der Waals surface area contributed by atoms with Crippen LogP contribution in [0.15, 0.2) is 6.20 Å². The lowest BCUT2D eigenvalue weighted by molar-refractivity contribution is 0.0526. The number of carboxylic acid groups (broad SMARTS) is 1. The molecule has 2 heterocycles. The van der Waals surface area contributed by atoms with Gasteiger partial charge in [-0.2, -0.15) is 5.10 Å². The Bertz CT molecular complexity index is 883. The minimum atomic E-state index is -1.24. The van der Waals surface area contributed by atoms with Crippen molar-refractivity contribution in [1.82, 2.24) is 9.78 Å². The fourth-order valence-corrected chi connectivity index (χ4v) is 4.32. The zero-order valence-electron chi connectivity index (χ0n) is 14.5. The Balaban J connectivity index is 1.97. The quantitative estimate of drug-likeness (QED) is 0.775. The zero-order chi connectivity index (χ0) is 18.8. The Hall–Kier alpha value is -2.68. The van der Waals surface area contributed by atoms with Crippen LogP contribution in [-0.4, -0.2) is 39.3 Å². The van der Waals surface area contributed by atoms with Crippen LogP contribution in [-0.2, 0) is 24.6 Å². The van der Waals surface area contributed by atoms with Crippen LogP contribution in [0.1, 0.15) is 61.4 Å². The van der Waals surface area contributed by atoms with E-state index in [1.54, 1.807) is 6.92 Å². The molecule has 9 heteroatoms. The van der Waals surface area contributed by atoms with Crippen molar-refractivity contribution in [2.24, 2.45) is 7.05 Å². The number of thiophene rings is 1. The standard InChI is InChI=1S/C17H19N3O5S/c1-3-25-17(24)12-9-6-4-5-7-11(9)26-15(12)18-14(21)13-10(16(22)23)8-20(2)19-13/h8H,3-7H2,1-2H3,(H,18,21)(H,22,23). The number of carbonyl (C=O) groups is 3. The highest BCUT2D eigenvalue weighted by Gasteiger charge is 2.29. The van der Waals surface area contributed by atoms with Crippen LogP contribution in [0, 0.1) is 0 Å². The number of hydrogen-bond donors (Lipinski definition) is 2. The number of carboxylic acids is 1. The molecule has 0 fully saturated rings. The first-order valence-corrected chi connectivity index (χ1v) is 9.14. The Morgan fingerprint density at radius 3 is 2.77 bits per heavy atom. The summed E-state index contributed by atoms with van der Waals surface area (Å²) in [6.45, 7) is 1.96. The van der Waals surface area contributed by atoms with Gasteiger partial charge in [0.05, 0.1) is 12.2 Å². The molecule has 0 spiro atoms. The number of anilines is 1. The fraction of sp³-hybridized carbons (Fsp3) is 0.412. The average Bonchev–Trinajstić information content (AvgIpc) is 3.15. The van der Waals surface area contributed by atoms with Crippen molar-refractivity contribution in [2.75, 3.05) is 11.9 Å². The Labute approximate surface area is 153 Å². The van der Waals surface area contributed by atoms with Gasteiger partial charge in [0.15, 0.2) is 5.69 Å². The number of aromatic carboxylic acids is 1. The lowest BCUT2D eigenvalue weighted by atomic mass is 9.95. The van der Waals surface area contributed by atoms with E-state index in [0.29, 0.717) is 10.6 Å². The summed E-state index contributed by atoms with van der Waals surface area (Å²) in [7, 11) is 1.54. The molecule has 1 aliphatic rings. The normalized spacial score (nSPS) is 13.2. The molecular weight excluding hydrogens is 358 g/mol. The molecule has 2 aromatic rings. The number of aromatic nitrogens is 2. The van der Waals surface area contributed by atoms with Crippen LogP contribution in [0.4, 0.5) is 5.00 Å². The third kappa shape index (κ3) is 3.34. The van der Waals surface area contributed by atoms with Crippen molar-refractivity contribution in [3.8, 4) is 0 Å². The summed E-state index contributed by atoms with van der Waals surface area (Å²) in [4.78, 5) is 37.4. The monoisotopic (exact) mass is 377 g/mol. The number of esters is 1. The van der Waals surface area contributed by atoms with Crippen LogP contribution in [0.25, 0.3) is 0 Å². The van der Waals surface area contributed by atoms with Crippen molar-refractivity contribution in [1.29, 1.82) is 0 Å². The van der Waals surface area contributed by atoms with Gasteiger partial charge in [0, 0.05) is 18.1 Å². The SMILES string of the molecule is CCOC(=O)c1c(NC(=O)c2nn(C)cc2C(=O)O)sc2c1CCCC2. The molecule has 0 unspecified atom stereocenters. The van der Waals surface area contributed by atoms with Gasteiger partial charge < -0.3 is 15.2 Å². The Kier molecular flexibility index (Phi) is 5.08. The second kappa shape index (κ2) is 7.28. The van der Waals surface area contributed by atoms with E-state index in [2.05, 4.69) is 10.4 Å². The molecule has 26 heavy (non-hydrogen) atoms. The van der Waals surface area contributed by atoms with Crippen LogP contribution < -0.4 is 5.32 Å². The van der Waals surface area contributed by atoms with Crippen molar-refractivity contribution < 1.29 is 24.2 Å². The number of rotatable bonds is 5. The number of nitrogens with one attached hydrogen (secondary N) is 1. The van der Waals surface area contributed by atoms with Crippen molar-refractivity contribution in [3.05, 3.63) is 33.5 Å². The van der Waals surface area contributed by atoms with Crippen LogP contribution >= 0.6 is 11.3 Å². The molecule has 0 atom stereocenters. The summed E-state index contributed by atoms with van der Waals surface area (Å²) >= 11 is 1.35. The summed E-state index contributed by atoms with van der Waals surface area (Å²) in [6.07, 6.45) is 4.90.